The Morgan fingerprint density at radius 2 is 1.62 bits per heavy atom. The fraction of sp³-hybridized carbons (Fsp3) is 0.538. The van der Waals surface area contributed by atoms with Crippen molar-refractivity contribution in [2.24, 2.45) is 5.92 Å². The van der Waals surface area contributed by atoms with Crippen LogP contribution in [0, 0.1) is 12.8 Å². The number of piperidine rings is 1. The maximum Gasteiger partial charge on any atom is 0.0733 e. The zero-order valence-electron chi connectivity index (χ0n) is 18.3. The second kappa shape index (κ2) is 7.54. The lowest BCUT2D eigenvalue weighted by Gasteiger charge is -2.57. The number of fused-ring (bicyclic) bond motifs is 3. The summed E-state index contributed by atoms with van der Waals surface area (Å²) in [6.45, 7) is 11.9. The quantitative estimate of drug-likeness (QED) is 0.774. The average Bonchev–Trinajstić information content (AvgIpc) is 2.74. The molecule has 0 saturated carbocycles. The van der Waals surface area contributed by atoms with Gasteiger partial charge < -0.3 is 4.90 Å². The van der Waals surface area contributed by atoms with Crippen LogP contribution in [-0.2, 0) is 12.0 Å². The Labute approximate surface area is 176 Å². The lowest BCUT2D eigenvalue weighted by atomic mass is 9.67. The van der Waals surface area contributed by atoms with Crippen LogP contribution in [0.1, 0.15) is 35.6 Å². The van der Waals surface area contributed by atoms with Gasteiger partial charge in [-0.05, 0) is 49.4 Å². The van der Waals surface area contributed by atoms with E-state index in [0.717, 1.165) is 0 Å². The Morgan fingerprint density at radius 3 is 2.38 bits per heavy atom. The van der Waals surface area contributed by atoms with Crippen molar-refractivity contribution in [2.45, 2.75) is 38.3 Å². The summed E-state index contributed by atoms with van der Waals surface area (Å²) in [5, 5.41) is 0. The largest absolute Gasteiger partial charge is 0.304 e. The highest BCUT2D eigenvalue weighted by atomic mass is 15.3. The molecule has 5 rings (SSSR count). The third-order valence-corrected chi connectivity index (χ3v) is 7.86. The predicted molar refractivity (Wildman–Crippen MR) is 120 cm³/mol. The minimum absolute atomic E-state index is 0.0169. The Morgan fingerprint density at radius 1 is 0.897 bits per heavy atom. The first-order chi connectivity index (χ1) is 14.1. The highest BCUT2D eigenvalue weighted by Gasteiger charge is 2.51. The third-order valence-electron chi connectivity index (χ3n) is 7.86. The van der Waals surface area contributed by atoms with E-state index in [2.05, 4.69) is 84.1 Å². The second-order valence-corrected chi connectivity index (χ2v) is 9.67. The van der Waals surface area contributed by atoms with Crippen molar-refractivity contribution >= 4 is 0 Å². The molecule has 3 unspecified atom stereocenters. The molecule has 3 atom stereocenters. The van der Waals surface area contributed by atoms with Crippen LogP contribution in [0.4, 0.5) is 0 Å². The molecule has 0 aromatic heterocycles. The molecule has 0 N–H and O–H groups in total. The van der Waals surface area contributed by atoms with Crippen LogP contribution in [0.15, 0.2) is 48.5 Å². The lowest BCUT2D eigenvalue weighted by Crippen LogP contribution is -2.63. The van der Waals surface area contributed by atoms with E-state index in [1.165, 1.54) is 63.2 Å². The molecule has 2 saturated heterocycles. The first kappa shape index (κ1) is 19.3. The zero-order chi connectivity index (χ0) is 20.0. The van der Waals surface area contributed by atoms with E-state index in [1.54, 1.807) is 11.1 Å². The molecule has 0 bridgehead atoms. The van der Waals surface area contributed by atoms with Crippen LogP contribution in [0.25, 0.3) is 0 Å². The van der Waals surface area contributed by atoms with Crippen LogP contribution >= 0.6 is 0 Å². The summed E-state index contributed by atoms with van der Waals surface area (Å²) in [5.41, 5.74) is 5.96. The molecule has 2 fully saturated rings. The normalized spacial score (nSPS) is 31.3. The molecule has 0 amide bonds. The molecule has 3 aliphatic rings. The van der Waals surface area contributed by atoms with E-state index in [1.807, 2.05) is 0 Å². The van der Waals surface area contributed by atoms with Crippen LogP contribution in [-0.4, -0.2) is 67.1 Å². The minimum Gasteiger partial charge on any atom is -0.304 e. The highest BCUT2D eigenvalue weighted by molar-refractivity contribution is 5.46. The van der Waals surface area contributed by atoms with Crippen molar-refractivity contribution in [2.75, 3.05) is 46.3 Å². The highest BCUT2D eigenvalue weighted by Crippen LogP contribution is 2.49. The van der Waals surface area contributed by atoms with Crippen molar-refractivity contribution in [1.82, 2.24) is 14.7 Å². The molecule has 2 aromatic carbocycles. The number of nitrogens with zero attached hydrogens (tertiary/aromatic N) is 3. The molecule has 154 valence electrons. The van der Waals surface area contributed by atoms with Crippen LogP contribution < -0.4 is 0 Å². The molecule has 0 radical (unpaired) electrons. The van der Waals surface area contributed by atoms with Crippen molar-refractivity contribution < 1.29 is 0 Å². The summed E-state index contributed by atoms with van der Waals surface area (Å²) >= 11 is 0. The maximum atomic E-state index is 2.82. The van der Waals surface area contributed by atoms with Crippen molar-refractivity contribution in [3.05, 3.63) is 70.8 Å². The van der Waals surface area contributed by atoms with Gasteiger partial charge in [-0.2, -0.15) is 0 Å². The van der Waals surface area contributed by atoms with Crippen LogP contribution in [0.2, 0.25) is 0 Å². The Bertz CT molecular complexity index is 853. The lowest BCUT2D eigenvalue weighted by molar-refractivity contribution is -0.0327. The standard InChI is InChI=1S/C26H35N3/c1-20-8-10-23(11-9-20)26-18-25(28-16-14-27(3)15-17-28)21(2)19-29(26)13-12-22-6-4-5-7-24(22)26/h4-11,21,25H,12-19H2,1-3H3. The summed E-state index contributed by atoms with van der Waals surface area (Å²) < 4.78 is 0. The van der Waals surface area contributed by atoms with Crippen molar-refractivity contribution in [3.8, 4) is 0 Å². The van der Waals surface area contributed by atoms with E-state index in [4.69, 9.17) is 0 Å². The second-order valence-electron chi connectivity index (χ2n) is 9.67. The van der Waals surface area contributed by atoms with Gasteiger partial charge in [-0.15, -0.1) is 0 Å². The molecule has 3 heteroatoms. The molecule has 0 aliphatic carbocycles. The molecule has 3 aliphatic heterocycles. The number of rotatable bonds is 2. The third kappa shape index (κ3) is 3.24. The molecule has 3 heterocycles. The number of hydrogen-bond donors (Lipinski definition) is 0. The molecule has 29 heavy (non-hydrogen) atoms. The Balaban J connectivity index is 1.60. The van der Waals surface area contributed by atoms with Gasteiger partial charge in [0.25, 0.3) is 0 Å². The van der Waals surface area contributed by atoms with Gasteiger partial charge in [0, 0.05) is 45.3 Å². The van der Waals surface area contributed by atoms with Gasteiger partial charge in [0.05, 0.1) is 5.54 Å². The van der Waals surface area contributed by atoms with E-state index in [0.29, 0.717) is 12.0 Å². The summed E-state index contributed by atoms with van der Waals surface area (Å²) in [4.78, 5) is 8.09. The Hall–Kier alpha value is -1.68. The van der Waals surface area contributed by atoms with Gasteiger partial charge in [-0.3, -0.25) is 9.80 Å². The molecule has 3 nitrogen and oxygen atoms in total. The van der Waals surface area contributed by atoms with E-state index in [-0.39, 0.29) is 5.54 Å². The summed E-state index contributed by atoms with van der Waals surface area (Å²) in [7, 11) is 2.26. The number of hydrogen-bond acceptors (Lipinski definition) is 3. The fourth-order valence-corrected chi connectivity index (χ4v) is 6.15. The van der Waals surface area contributed by atoms with Gasteiger partial charge in [-0.1, -0.05) is 61.0 Å². The van der Waals surface area contributed by atoms with E-state index >= 15 is 0 Å². The average molecular weight is 390 g/mol. The van der Waals surface area contributed by atoms with Gasteiger partial charge in [-0.25, -0.2) is 0 Å². The summed E-state index contributed by atoms with van der Waals surface area (Å²) in [6, 6.07) is 19.3. The molecule has 0 spiro atoms. The monoisotopic (exact) mass is 389 g/mol. The van der Waals surface area contributed by atoms with Crippen LogP contribution in [0.5, 0.6) is 0 Å². The number of benzene rings is 2. The predicted octanol–water partition coefficient (Wildman–Crippen LogP) is 3.75. The van der Waals surface area contributed by atoms with Gasteiger partial charge in [0.15, 0.2) is 0 Å². The number of likely N-dealkylation sites (N-methyl/N-ethyl adjacent to an activating group) is 1. The Kier molecular flexibility index (Phi) is 5.01. The van der Waals surface area contributed by atoms with E-state index < -0.39 is 0 Å². The fourth-order valence-electron chi connectivity index (χ4n) is 6.15. The van der Waals surface area contributed by atoms with Gasteiger partial charge in [0.1, 0.15) is 0 Å². The SMILES string of the molecule is Cc1ccc(C23CC(N4CCN(C)CC4)C(C)CN2CCc2ccccc23)cc1. The molecular weight excluding hydrogens is 354 g/mol. The first-order valence-electron chi connectivity index (χ1n) is 11.4. The van der Waals surface area contributed by atoms with Crippen molar-refractivity contribution in [3.63, 3.8) is 0 Å². The maximum absolute atomic E-state index is 2.82. The van der Waals surface area contributed by atoms with Gasteiger partial charge in [0.2, 0.25) is 0 Å². The topological polar surface area (TPSA) is 9.72 Å². The van der Waals surface area contributed by atoms with E-state index in [9.17, 15) is 0 Å². The van der Waals surface area contributed by atoms with Gasteiger partial charge >= 0.3 is 0 Å². The minimum atomic E-state index is 0.0169. The number of aryl methyl sites for hydroxylation is 1. The summed E-state index contributed by atoms with van der Waals surface area (Å²) in [5.74, 6) is 0.710. The number of piperazine rings is 1. The zero-order valence-corrected chi connectivity index (χ0v) is 18.3. The summed E-state index contributed by atoms with van der Waals surface area (Å²) in [6.07, 6.45) is 2.38. The molecular formula is C26H35N3. The van der Waals surface area contributed by atoms with Crippen molar-refractivity contribution in [1.29, 1.82) is 0 Å². The smallest absolute Gasteiger partial charge is 0.0733 e. The first-order valence-corrected chi connectivity index (χ1v) is 11.4. The van der Waals surface area contributed by atoms with Crippen LogP contribution in [0.3, 0.4) is 0 Å². The molecule has 2 aromatic rings.